The van der Waals surface area contributed by atoms with E-state index in [-0.39, 0.29) is 0 Å². The second-order valence-electron chi connectivity index (χ2n) is 9.08. The van der Waals surface area contributed by atoms with Crippen LogP contribution in [0, 0.1) is 0 Å². The van der Waals surface area contributed by atoms with Crippen LogP contribution in [0.15, 0.2) is 149 Å². The molecule has 0 N–H and O–H groups in total. The zero-order chi connectivity index (χ0) is 24.2. The van der Waals surface area contributed by atoms with E-state index in [0.717, 1.165) is 19.1 Å². The van der Waals surface area contributed by atoms with Crippen molar-refractivity contribution >= 4 is 46.3 Å². The van der Waals surface area contributed by atoms with E-state index >= 15 is 0 Å². The first-order valence-electron chi connectivity index (χ1n) is 12.5. The molecule has 36 heavy (non-hydrogen) atoms. The van der Waals surface area contributed by atoms with Crippen LogP contribution in [0.1, 0.15) is 6.42 Å². The maximum atomic E-state index is 2.54. The minimum Gasteiger partial charge on any atom is -0.339 e. The number of benzene rings is 5. The van der Waals surface area contributed by atoms with Crippen molar-refractivity contribution in [2.24, 2.45) is 0 Å². The molecule has 0 saturated heterocycles. The fourth-order valence-electron chi connectivity index (χ4n) is 5.37. The van der Waals surface area contributed by atoms with Crippen LogP contribution in [0.4, 0.5) is 11.4 Å². The molecule has 0 aliphatic carbocycles. The van der Waals surface area contributed by atoms with Crippen molar-refractivity contribution in [1.29, 1.82) is 0 Å². The second-order valence-corrected chi connectivity index (χ2v) is 13.8. The molecule has 176 valence electrons. The van der Waals surface area contributed by atoms with E-state index in [9.17, 15) is 0 Å². The molecular formula is C33H29NPS+. The summed E-state index contributed by atoms with van der Waals surface area (Å²) in [6.45, 7) is 0.989. The minimum atomic E-state index is -1.82. The van der Waals surface area contributed by atoms with E-state index in [4.69, 9.17) is 0 Å². The maximum absolute atomic E-state index is 2.54. The Morgan fingerprint density at radius 1 is 0.472 bits per heavy atom. The standard InChI is InChI=1S/C33H29NPS/c1-4-15-27(16-5-1)35(28-17-6-2-7-18-28,29-19-8-3-9-20-29)26-14-25-34-30-21-10-12-23-32(30)36-33-24-13-11-22-31(33)34/h1-13,15-24H,14,25-26H2/q+1. The summed E-state index contributed by atoms with van der Waals surface area (Å²) in [4.78, 5) is 5.22. The highest BCUT2D eigenvalue weighted by Crippen LogP contribution is 2.56. The van der Waals surface area contributed by atoms with E-state index in [1.54, 1.807) is 0 Å². The van der Waals surface area contributed by atoms with Crippen LogP contribution in [-0.4, -0.2) is 12.7 Å². The van der Waals surface area contributed by atoms with Gasteiger partial charge in [0, 0.05) is 22.8 Å². The zero-order valence-corrected chi connectivity index (χ0v) is 21.9. The summed E-state index contributed by atoms with van der Waals surface area (Å²) in [5, 5.41) is 4.37. The summed E-state index contributed by atoms with van der Waals surface area (Å²) in [6, 6.07) is 51.3. The van der Waals surface area contributed by atoms with Gasteiger partial charge in [0.05, 0.1) is 17.5 Å². The molecule has 1 aliphatic rings. The number of para-hydroxylation sites is 2. The summed E-state index contributed by atoms with van der Waals surface area (Å²) < 4.78 is 0. The van der Waals surface area contributed by atoms with Crippen molar-refractivity contribution in [2.45, 2.75) is 16.2 Å². The first-order chi connectivity index (χ1) is 17.9. The molecule has 0 amide bonds. The average Bonchev–Trinajstić information content (AvgIpc) is 2.96. The van der Waals surface area contributed by atoms with Crippen LogP contribution in [0.25, 0.3) is 0 Å². The van der Waals surface area contributed by atoms with Gasteiger partial charge in [0.15, 0.2) is 0 Å². The SMILES string of the molecule is c1ccc([P+](CCCN2c3ccccc3Sc3ccccc32)(c2ccccc2)c2ccccc2)cc1. The molecule has 0 unspecified atom stereocenters. The quantitative estimate of drug-likeness (QED) is 0.210. The number of rotatable bonds is 7. The number of nitrogens with zero attached hydrogens (tertiary/aromatic N) is 1. The van der Waals surface area contributed by atoms with Crippen molar-refractivity contribution in [1.82, 2.24) is 0 Å². The molecule has 0 saturated carbocycles. The lowest BCUT2D eigenvalue weighted by Crippen LogP contribution is -2.34. The summed E-state index contributed by atoms with van der Waals surface area (Å²) in [5.41, 5.74) is 2.65. The van der Waals surface area contributed by atoms with E-state index in [2.05, 4.69) is 144 Å². The van der Waals surface area contributed by atoms with E-state index in [0.29, 0.717) is 0 Å². The molecule has 0 spiro atoms. The van der Waals surface area contributed by atoms with E-state index < -0.39 is 7.26 Å². The van der Waals surface area contributed by atoms with Gasteiger partial charge >= 0.3 is 0 Å². The predicted octanol–water partition coefficient (Wildman–Crippen LogP) is 7.67. The van der Waals surface area contributed by atoms with Crippen LogP contribution >= 0.6 is 19.0 Å². The maximum Gasteiger partial charge on any atom is 0.112 e. The van der Waals surface area contributed by atoms with Gasteiger partial charge in [-0.25, -0.2) is 0 Å². The van der Waals surface area contributed by atoms with Crippen molar-refractivity contribution in [3.8, 4) is 0 Å². The molecule has 5 aromatic carbocycles. The molecule has 0 radical (unpaired) electrons. The van der Waals surface area contributed by atoms with Gasteiger partial charge in [-0.15, -0.1) is 0 Å². The fraction of sp³-hybridized carbons (Fsp3) is 0.0909. The van der Waals surface area contributed by atoms with E-state index in [1.165, 1.54) is 37.1 Å². The summed E-state index contributed by atoms with van der Waals surface area (Å²) >= 11 is 1.88. The van der Waals surface area contributed by atoms with Gasteiger partial charge in [0.2, 0.25) is 0 Å². The third-order valence-corrected chi connectivity index (χ3v) is 12.7. The molecule has 1 nitrogen and oxygen atoms in total. The third-order valence-electron chi connectivity index (χ3n) is 7.00. The van der Waals surface area contributed by atoms with Gasteiger partial charge < -0.3 is 4.90 Å². The lowest BCUT2D eigenvalue weighted by atomic mass is 10.2. The second kappa shape index (κ2) is 10.3. The van der Waals surface area contributed by atoms with Gasteiger partial charge in [-0.3, -0.25) is 0 Å². The molecule has 6 rings (SSSR count). The highest BCUT2D eigenvalue weighted by Gasteiger charge is 2.44. The number of fused-ring (bicyclic) bond motifs is 2. The summed E-state index contributed by atoms with van der Waals surface area (Å²) in [5.74, 6) is 0. The van der Waals surface area contributed by atoms with Gasteiger partial charge in [0.25, 0.3) is 0 Å². The van der Waals surface area contributed by atoms with Crippen LogP contribution in [0.2, 0.25) is 0 Å². The number of anilines is 2. The van der Waals surface area contributed by atoms with Gasteiger partial charge in [-0.2, -0.15) is 0 Å². The van der Waals surface area contributed by atoms with Gasteiger partial charge in [-0.1, -0.05) is 90.6 Å². The predicted molar refractivity (Wildman–Crippen MR) is 159 cm³/mol. The molecule has 0 atom stereocenters. The average molecular weight is 503 g/mol. The Bertz CT molecular complexity index is 1290. The molecule has 3 heteroatoms. The Kier molecular flexibility index (Phi) is 6.64. The van der Waals surface area contributed by atoms with Crippen LogP contribution in [-0.2, 0) is 0 Å². The molecule has 5 aromatic rings. The largest absolute Gasteiger partial charge is 0.339 e. The lowest BCUT2D eigenvalue weighted by Gasteiger charge is -2.34. The Balaban J connectivity index is 1.40. The van der Waals surface area contributed by atoms with Crippen LogP contribution < -0.4 is 20.8 Å². The first kappa shape index (κ1) is 23.1. The zero-order valence-electron chi connectivity index (χ0n) is 20.2. The molecule has 1 aliphatic heterocycles. The first-order valence-corrected chi connectivity index (χ1v) is 15.3. The lowest BCUT2D eigenvalue weighted by molar-refractivity contribution is 0.870. The molecule has 1 heterocycles. The Morgan fingerprint density at radius 2 is 0.861 bits per heavy atom. The monoisotopic (exact) mass is 502 g/mol. The molecule has 0 aromatic heterocycles. The minimum absolute atomic E-state index is 0.989. The number of hydrogen-bond acceptors (Lipinski definition) is 2. The highest BCUT2D eigenvalue weighted by molar-refractivity contribution is 7.99. The van der Waals surface area contributed by atoms with Gasteiger partial charge in [-0.05, 0) is 60.7 Å². The van der Waals surface area contributed by atoms with Crippen LogP contribution in [0.3, 0.4) is 0 Å². The normalized spacial score (nSPS) is 12.6. The number of hydrogen-bond donors (Lipinski definition) is 0. The molecule has 0 fully saturated rings. The van der Waals surface area contributed by atoms with Crippen molar-refractivity contribution in [3.63, 3.8) is 0 Å². The van der Waals surface area contributed by atoms with Crippen molar-refractivity contribution in [2.75, 3.05) is 17.6 Å². The topological polar surface area (TPSA) is 3.24 Å². The highest BCUT2D eigenvalue weighted by atomic mass is 32.2. The van der Waals surface area contributed by atoms with Crippen molar-refractivity contribution < 1.29 is 0 Å². The van der Waals surface area contributed by atoms with Crippen LogP contribution in [0.5, 0.6) is 0 Å². The Hall–Kier alpha value is -3.32. The Labute approximate surface area is 219 Å². The summed E-state index contributed by atoms with van der Waals surface area (Å²) in [6.07, 6.45) is 2.22. The molecule has 0 bridgehead atoms. The fourth-order valence-corrected chi connectivity index (χ4v) is 10.8. The Morgan fingerprint density at radius 3 is 1.31 bits per heavy atom. The van der Waals surface area contributed by atoms with Crippen molar-refractivity contribution in [3.05, 3.63) is 140 Å². The van der Waals surface area contributed by atoms with Gasteiger partial charge in [0.1, 0.15) is 23.2 Å². The smallest absolute Gasteiger partial charge is 0.112 e. The third kappa shape index (κ3) is 4.26. The molecular weight excluding hydrogens is 473 g/mol. The summed E-state index contributed by atoms with van der Waals surface area (Å²) in [7, 11) is -1.82. The van der Waals surface area contributed by atoms with E-state index in [1.807, 2.05) is 11.8 Å².